The first-order valence-electron chi connectivity index (χ1n) is 11.8. The molecule has 2 bridgehead atoms. The molecular weight excluding hydrogens is 411 g/mol. The third-order valence-corrected chi connectivity index (χ3v) is 7.75. The number of hydrogen-bond acceptors (Lipinski definition) is 2. The van der Waals surface area contributed by atoms with E-state index in [2.05, 4.69) is 84.9 Å². The standard InChI is InChI=1S/C29H33N2O.FH/c1-3-18-32-29(26-14-16-30-27-13-9-8-12-25(26)27)28-19-24-15-17-31(28,21-23(24)4-2)20-22-10-6-5-7-11-22;/h3-14,16,23-24,28-29H,1-2,15,17-21H2;1H/q+1;/p-1/t23-,24-,28+,29-,31?;/m0./s1. The Balaban J connectivity index is 0.00000259. The molecule has 0 aliphatic carbocycles. The van der Waals surface area contributed by atoms with Crippen LogP contribution < -0.4 is 4.70 Å². The largest absolute Gasteiger partial charge is 1.00 e. The van der Waals surface area contributed by atoms with E-state index in [1.54, 1.807) is 0 Å². The second-order valence-corrected chi connectivity index (χ2v) is 9.48. The molecule has 0 spiro atoms. The molecule has 2 aromatic carbocycles. The van der Waals surface area contributed by atoms with Gasteiger partial charge in [0.1, 0.15) is 18.7 Å². The molecule has 0 radical (unpaired) electrons. The lowest BCUT2D eigenvalue weighted by Crippen LogP contribution is -3.00. The van der Waals surface area contributed by atoms with Crippen molar-refractivity contribution in [1.29, 1.82) is 0 Å². The van der Waals surface area contributed by atoms with Crippen molar-refractivity contribution in [2.24, 2.45) is 11.8 Å². The van der Waals surface area contributed by atoms with Crippen molar-refractivity contribution in [1.82, 2.24) is 4.98 Å². The van der Waals surface area contributed by atoms with E-state index in [1.807, 2.05) is 12.3 Å². The first-order chi connectivity index (χ1) is 15.7. The fourth-order valence-corrected chi connectivity index (χ4v) is 6.26. The fourth-order valence-electron chi connectivity index (χ4n) is 6.26. The monoisotopic (exact) mass is 444 g/mol. The summed E-state index contributed by atoms with van der Waals surface area (Å²) >= 11 is 0. The van der Waals surface area contributed by atoms with Crippen LogP contribution in [0.25, 0.3) is 10.9 Å². The number of para-hydroxylation sites is 1. The molecule has 3 aliphatic rings. The Morgan fingerprint density at radius 2 is 1.85 bits per heavy atom. The van der Waals surface area contributed by atoms with Gasteiger partial charge >= 0.3 is 0 Å². The van der Waals surface area contributed by atoms with Gasteiger partial charge < -0.3 is 13.9 Å². The smallest absolute Gasteiger partial charge is 0.135 e. The fraction of sp³-hybridized carbons (Fsp3) is 0.345. The zero-order valence-corrected chi connectivity index (χ0v) is 19.2. The van der Waals surface area contributed by atoms with Crippen molar-refractivity contribution in [2.75, 3.05) is 19.7 Å². The van der Waals surface area contributed by atoms with Gasteiger partial charge in [0, 0.05) is 35.9 Å². The lowest BCUT2D eigenvalue weighted by molar-refractivity contribution is -0.985. The van der Waals surface area contributed by atoms with E-state index < -0.39 is 0 Å². The van der Waals surface area contributed by atoms with Crippen LogP contribution in [0.4, 0.5) is 0 Å². The Hall–Kier alpha value is -2.82. The first kappa shape index (κ1) is 23.3. The minimum absolute atomic E-state index is 0. The third-order valence-electron chi connectivity index (χ3n) is 7.75. The molecule has 3 aromatic rings. The van der Waals surface area contributed by atoms with E-state index in [9.17, 15) is 0 Å². The van der Waals surface area contributed by atoms with E-state index in [1.165, 1.54) is 35.9 Å². The van der Waals surface area contributed by atoms with Gasteiger partial charge in [0.25, 0.3) is 0 Å². The maximum absolute atomic E-state index is 6.62. The molecule has 3 nitrogen and oxygen atoms in total. The lowest BCUT2D eigenvalue weighted by Gasteiger charge is -2.58. The molecular formula is C29H33FN2O. The molecule has 3 aliphatic heterocycles. The molecule has 4 heteroatoms. The van der Waals surface area contributed by atoms with Crippen LogP contribution in [0.3, 0.4) is 0 Å². The Labute approximate surface area is 196 Å². The Kier molecular flexibility index (Phi) is 7.06. The number of fused-ring (bicyclic) bond motifs is 4. The van der Waals surface area contributed by atoms with Gasteiger partial charge in [-0.1, -0.05) is 60.7 Å². The van der Waals surface area contributed by atoms with Gasteiger partial charge in [-0.25, -0.2) is 0 Å². The summed E-state index contributed by atoms with van der Waals surface area (Å²) in [5.74, 6) is 1.27. The highest BCUT2D eigenvalue weighted by molar-refractivity contribution is 5.82. The number of piperidine rings is 3. The first-order valence-corrected chi connectivity index (χ1v) is 11.8. The summed E-state index contributed by atoms with van der Waals surface area (Å²) in [7, 11) is 0. The van der Waals surface area contributed by atoms with E-state index >= 15 is 0 Å². The summed E-state index contributed by atoms with van der Waals surface area (Å²) < 4.78 is 7.69. The van der Waals surface area contributed by atoms with E-state index in [4.69, 9.17) is 4.74 Å². The molecule has 0 saturated carbocycles. The van der Waals surface area contributed by atoms with Crippen molar-refractivity contribution in [2.45, 2.75) is 31.5 Å². The number of rotatable bonds is 8. The van der Waals surface area contributed by atoms with Crippen LogP contribution >= 0.6 is 0 Å². The molecule has 0 amide bonds. The highest BCUT2D eigenvalue weighted by atomic mass is 19.0. The number of pyridine rings is 1. The second kappa shape index (κ2) is 9.98. The van der Waals surface area contributed by atoms with Crippen LogP contribution in [-0.2, 0) is 11.3 Å². The normalized spacial score (nSPS) is 27.0. The highest BCUT2D eigenvalue weighted by Crippen LogP contribution is 2.49. The zero-order chi connectivity index (χ0) is 22.0. The SMILES string of the molecule is C=CCO[C@@H](c1ccnc2ccccc12)[C@H]1C[C@@H]2CC[N+]1(Cc1ccccc1)C[C@@H]2C=C.[F-]. The van der Waals surface area contributed by atoms with Gasteiger partial charge in [0.15, 0.2) is 0 Å². The maximum atomic E-state index is 6.62. The molecule has 6 rings (SSSR count). The summed E-state index contributed by atoms with van der Waals surface area (Å²) in [4.78, 5) is 4.61. The molecule has 33 heavy (non-hydrogen) atoms. The average molecular weight is 445 g/mol. The number of ether oxygens (including phenoxy) is 1. The summed E-state index contributed by atoms with van der Waals surface area (Å²) in [6, 6.07) is 22.0. The van der Waals surface area contributed by atoms with Crippen LogP contribution in [0.1, 0.15) is 30.1 Å². The van der Waals surface area contributed by atoms with E-state index in [-0.39, 0.29) is 10.8 Å². The zero-order valence-electron chi connectivity index (χ0n) is 19.2. The predicted octanol–water partition coefficient (Wildman–Crippen LogP) is 3.09. The Morgan fingerprint density at radius 1 is 1.06 bits per heavy atom. The Bertz CT molecular complexity index is 1100. The summed E-state index contributed by atoms with van der Waals surface area (Å²) in [5.41, 5.74) is 3.70. The molecule has 1 aromatic heterocycles. The molecule has 5 atom stereocenters. The molecule has 1 unspecified atom stereocenters. The summed E-state index contributed by atoms with van der Waals surface area (Å²) in [6.45, 7) is 12.1. The van der Waals surface area contributed by atoms with E-state index in [0.717, 1.165) is 23.1 Å². The molecule has 3 fully saturated rings. The second-order valence-electron chi connectivity index (χ2n) is 9.48. The molecule has 3 saturated heterocycles. The minimum atomic E-state index is 0. The van der Waals surface area contributed by atoms with Crippen LogP contribution in [0.2, 0.25) is 0 Å². The van der Waals surface area contributed by atoms with Crippen molar-refractivity contribution in [3.05, 3.63) is 103 Å². The van der Waals surface area contributed by atoms with Gasteiger partial charge in [-0.3, -0.25) is 4.98 Å². The Morgan fingerprint density at radius 3 is 2.64 bits per heavy atom. The number of nitrogens with zero attached hydrogens (tertiary/aromatic N) is 2. The average Bonchev–Trinajstić information content (AvgIpc) is 2.85. The third kappa shape index (κ3) is 4.38. The number of hydrogen-bond donors (Lipinski definition) is 0. The maximum Gasteiger partial charge on any atom is 0.135 e. The molecule has 172 valence electrons. The van der Waals surface area contributed by atoms with Crippen molar-refractivity contribution in [3.8, 4) is 0 Å². The topological polar surface area (TPSA) is 22.1 Å². The number of aromatic nitrogens is 1. The predicted molar refractivity (Wildman–Crippen MR) is 131 cm³/mol. The van der Waals surface area contributed by atoms with Crippen molar-refractivity contribution in [3.63, 3.8) is 0 Å². The van der Waals surface area contributed by atoms with Crippen molar-refractivity contribution >= 4 is 10.9 Å². The number of quaternary nitrogens is 1. The van der Waals surface area contributed by atoms with Gasteiger partial charge in [-0.15, -0.1) is 13.2 Å². The van der Waals surface area contributed by atoms with Crippen LogP contribution in [-0.4, -0.2) is 35.2 Å². The lowest BCUT2D eigenvalue weighted by atomic mass is 9.71. The van der Waals surface area contributed by atoms with Gasteiger partial charge in [0.2, 0.25) is 0 Å². The van der Waals surface area contributed by atoms with Crippen LogP contribution in [0, 0.1) is 11.8 Å². The summed E-state index contributed by atoms with van der Waals surface area (Å²) in [6.07, 6.45) is 8.47. The minimum Gasteiger partial charge on any atom is -1.00 e. The summed E-state index contributed by atoms with van der Waals surface area (Å²) in [5, 5.41) is 1.20. The van der Waals surface area contributed by atoms with Gasteiger partial charge in [0.05, 0.1) is 25.2 Å². The van der Waals surface area contributed by atoms with E-state index in [0.29, 0.717) is 24.5 Å². The van der Waals surface area contributed by atoms with Crippen molar-refractivity contribution < 1.29 is 13.9 Å². The highest BCUT2D eigenvalue weighted by Gasteiger charge is 2.54. The quantitative estimate of drug-likeness (QED) is 0.394. The van der Waals surface area contributed by atoms with Gasteiger partial charge in [-0.2, -0.15) is 0 Å². The van der Waals surface area contributed by atoms with Crippen LogP contribution in [0.15, 0.2) is 92.2 Å². The van der Waals surface area contributed by atoms with Crippen LogP contribution in [0.5, 0.6) is 0 Å². The van der Waals surface area contributed by atoms with Gasteiger partial charge in [-0.05, 0) is 23.6 Å². The number of halogens is 1. The molecule has 4 heterocycles. The molecule has 0 N–H and O–H groups in total. The number of benzene rings is 2.